The first-order chi connectivity index (χ1) is 14.9. The van der Waals surface area contributed by atoms with Crippen LogP contribution in [0.25, 0.3) is 0 Å². The molecule has 8 heteroatoms. The lowest BCUT2D eigenvalue weighted by Gasteiger charge is -2.26. The van der Waals surface area contributed by atoms with E-state index in [2.05, 4.69) is 0 Å². The molecule has 6 nitrogen and oxygen atoms in total. The van der Waals surface area contributed by atoms with E-state index in [1.54, 1.807) is 38.1 Å². The summed E-state index contributed by atoms with van der Waals surface area (Å²) in [4.78, 5) is 0.206. The van der Waals surface area contributed by atoms with Crippen molar-refractivity contribution in [2.45, 2.75) is 37.5 Å². The van der Waals surface area contributed by atoms with Crippen molar-refractivity contribution < 1.29 is 16.8 Å². The lowest BCUT2D eigenvalue weighted by molar-refractivity contribution is 0.591. The Morgan fingerprint density at radius 3 is 1.72 bits per heavy atom. The van der Waals surface area contributed by atoms with Crippen molar-refractivity contribution in [2.24, 2.45) is 0 Å². The molecule has 0 saturated heterocycles. The van der Waals surface area contributed by atoms with Crippen LogP contribution in [0.2, 0.25) is 0 Å². The zero-order valence-electron chi connectivity index (χ0n) is 19.1. The quantitative estimate of drug-likeness (QED) is 0.527. The van der Waals surface area contributed by atoms with E-state index in [1.165, 1.54) is 36.6 Å². The molecule has 3 aromatic carbocycles. The molecule has 0 saturated carbocycles. The summed E-state index contributed by atoms with van der Waals surface area (Å²) in [6.07, 6.45) is 0. The van der Waals surface area contributed by atoms with E-state index >= 15 is 0 Å². The van der Waals surface area contributed by atoms with Gasteiger partial charge >= 0.3 is 0 Å². The summed E-state index contributed by atoms with van der Waals surface area (Å²) in [6, 6.07) is 16.8. The second-order valence-corrected chi connectivity index (χ2v) is 11.8. The van der Waals surface area contributed by atoms with Crippen LogP contribution in [0.5, 0.6) is 0 Å². The van der Waals surface area contributed by atoms with Crippen LogP contribution >= 0.6 is 0 Å². The van der Waals surface area contributed by atoms with Crippen molar-refractivity contribution in [2.75, 3.05) is 22.7 Å². The average Bonchev–Trinajstić information content (AvgIpc) is 2.73. The molecule has 0 bridgehead atoms. The molecule has 0 heterocycles. The lowest BCUT2D eigenvalue weighted by atomic mass is 10.1. The van der Waals surface area contributed by atoms with E-state index in [1.807, 2.05) is 32.0 Å². The highest BCUT2D eigenvalue weighted by atomic mass is 32.2. The van der Waals surface area contributed by atoms with Crippen LogP contribution < -0.4 is 8.61 Å². The molecule has 0 amide bonds. The number of sulfonamides is 2. The van der Waals surface area contributed by atoms with Crippen molar-refractivity contribution in [3.63, 3.8) is 0 Å². The van der Waals surface area contributed by atoms with Crippen LogP contribution in [0.3, 0.4) is 0 Å². The van der Waals surface area contributed by atoms with E-state index in [4.69, 9.17) is 0 Å². The Balaban J connectivity index is 2.15. The summed E-state index contributed by atoms with van der Waals surface area (Å²) in [6.45, 7) is 7.21. The maximum atomic E-state index is 13.6. The molecule has 170 valence electrons. The number of nitrogens with zero attached hydrogens (tertiary/aromatic N) is 2. The number of rotatable bonds is 6. The molecular weight excluding hydrogens is 444 g/mol. The van der Waals surface area contributed by atoms with Gasteiger partial charge in [-0.05, 0) is 68.1 Å². The van der Waals surface area contributed by atoms with Gasteiger partial charge < -0.3 is 0 Å². The van der Waals surface area contributed by atoms with Gasteiger partial charge in [0.2, 0.25) is 0 Å². The summed E-state index contributed by atoms with van der Waals surface area (Å²) in [5, 5.41) is 0. The molecule has 32 heavy (non-hydrogen) atoms. The maximum absolute atomic E-state index is 13.6. The van der Waals surface area contributed by atoms with Crippen molar-refractivity contribution >= 4 is 31.4 Å². The highest BCUT2D eigenvalue weighted by Crippen LogP contribution is 2.34. The number of anilines is 2. The first-order valence-corrected chi connectivity index (χ1v) is 13.0. The minimum atomic E-state index is -3.94. The normalized spacial score (nSPS) is 11.9. The third-order valence-electron chi connectivity index (χ3n) is 5.63. The van der Waals surface area contributed by atoms with Gasteiger partial charge in [0.1, 0.15) is 0 Å². The highest BCUT2D eigenvalue weighted by molar-refractivity contribution is 7.93. The zero-order valence-corrected chi connectivity index (χ0v) is 20.8. The van der Waals surface area contributed by atoms with Crippen LogP contribution in [-0.4, -0.2) is 30.9 Å². The first kappa shape index (κ1) is 23.8. The molecule has 0 aliphatic rings. The van der Waals surface area contributed by atoms with E-state index in [0.717, 1.165) is 15.4 Å². The van der Waals surface area contributed by atoms with Crippen LogP contribution in [-0.2, 0) is 20.0 Å². The summed E-state index contributed by atoms with van der Waals surface area (Å²) >= 11 is 0. The van der Waals surface area contributed by atoms with Crippen LogP contribution in [0.1, 0.15) is 22.3 Å². The fourth-order valence-corrected chi connectivity index (χ4v) is 6.71. The fourth-order valence-electron chi connectivity index (χ4n) is 3.89. The second kappa shape index (κ2) is 8.60. The molecule has 0 unspecified atom stereocenters. The second-order valence-electron chi connectivity index (χ2n) is 7.90. The number of benzene rings is 3. The lowest BCUT2D eigenvalue weighted by Crippen LogP contribution is -2.30. The molecule has 0 atom stereocenters. The van der Waals surface area contributed by atoms with Gasteiger partial charge in [0.15, 0.2) is 0 Å². The van der Waals surface area contributed by atoms with Gasteiger partial charge in [-0.15, -0.1) is 0 Å². The average molecular weight is 473 g/mol. The predicted octanol–water partition coefficient (Wildman–Crippen LogP) is 4.57. The summed E-state index contributed by atoms with van der Waals surface area (Å²) < 4.78 is 55.9. The monoisotopic (exact) mass is 472 g/mol. The van der Waals surface area contributed by atoms with Crippen LogP contribution in [0.15, 0.2) is 70.5 Å². The SMILES string of the molecule is Cc1cc(C)c(S(=O)(=O)N(C)c2c(C)cccc2C)cc1N(C)S(=O)(=O)c1ccccc1. The molecule has 0 aromatic heterocycles. The molecular formula is C24H28N2O4S2. The van der Waals surface area contributed by atoms with Crippen molar-refractivity contribution in [3.8, 4) is 0 Å². The van der Waals surface area contributed by atoms with Gasteiger partial charge in [0, 0.05) is 14.1 Å². The van der Waals surface area contributed by atoms with Gasteiger partial charge in [-0.25, -0.2) is 16.8 Å². The smallest absolute Gasteiger partial charge is 0.264 e. The molecule has 0 spiro atoms. The van der Waals surface area contributed by atoms with Crippen molar-refractivity contribution in [1.82, 2.24) is 0 Å². The molecule has 0 aliphatic carbocycles. The molecule has 3 aromatic rings. The van der Waals surface area contributed by atoms with Crippen molar-refractivity contribution in [3.05, 3.63) is 82.9 Å². The molecule has 0 radical (unpaired) electrons. The Labute approximate surface area is 191 Å². The minimum Gasteiger partial charge on any atom is -0.269 e. The van der Waals surface area contributed by atoms with Gasteiger partial charge in [0.25, 0.3) is 20.0 Å². The standard InChI is InChI=1S/C24H28N2O4S2/c1-17-11-10-12-18(2)24(17)26(6)32(29,30)23-16-22(19(3)15-20(23)4)25(5)31(27,28)21-13-8-7-9-14-21/h7-16H,1-6H3. The minimum absolute atomic E-state index is 0.0679. The van der Waals surface area contributed by atoms with Gasteiger partial charge in [0.05, 0.1) is 21.2 Å². The van der Waals surface area contributed by atoms with E-state index in [0.29, 0.717) is 22.5 Å². The van der Waals surface area contributed by atoms with Crippen LogP contribution in [0, 0.1) is 27.7 Å². The highest BCUT2D eigenvalue weighted by Gasteiger charge is 2.29. The Hall–Kier alpha value is -2.84. The maximum Gasteiger partial charge on any atom is 0.264 e. The molecule has 0 fully saturated rings. The molecule has 3 rings (SSSR count). The van der Waals surface area contributed by atoms with Crippen molar-refractivity contribution in [1.29, 1.82) is 0 Å². The summed E-state index contributed by atoms with van der Waals surface area (Å²) in [5.74, 6) is 0. The summed E-state index contributed by atoms with van der Waals surface area (Å²) in [5.41, 5.74) is 3.81. The van der Waals surface area contributed by atoms with Gasteiger partial charge in [-0.3, -0.25) is 8.61 Å². The van der Waals surface area contributed by atoms with E-state index in [-0.39, 0.29) is 9.79 Å². The van der Waals surface area contributed by atoms with Gasteiger partial charge in [-0.1, -0.05) is 42.5 Å². The largest absolute Gasteiger partial charge is 0.269 e. The molecule has 0 aliphatic heterocycles. The topological polar surface area (TPSA) is 74.8 Å². The third-order valence-corrected chi connectivity index (χ3v) is 9.31. The Morgan fingerprint density at radius 1 is 0.594 bits per heavy atom. The van der Waals surface area contributed by atoms with E-state index in [9.17, 15) is 16.8 Å². The zero-order chi connectivity index (χ0) is 23.8. The van der Waals surface area contributed by atoms with Crippen LogP contribution in [0.4, 0.5) is 11.4 Å². The molecule has 0 N–H and O–H groups in total. The third kappa shape index (κ3) is 4.12. The first-order valence-electron chi connectivity index (χ1n) is 10.1. The Kier molecular flexibility index (Phi) is 6.40. The fraction of sp³-hybridized carbons (Fsp3) is 0.250. The van der Waals surface area contributed by atoms with E-state index < -0.39 is 20.0 Å². The Morgan fingerprint density at radius 2 is 1.16 bits per heavy atom. The number of hydrogen-bond acceptors (Lipinski definition) is 4. The number of para-hydroxylation sites is 1. The predicted molar refractivity (Wildman–Crippen MR) is 129 cm³/mol. The number of aryl methyl sites for hydroxylation is 4. The Bertz CT molecular complexity index is 1350. The summed E-state index contributed by atoms with van der Waals surface area (Å²) in [7, 11) is -4.83. The van der Waals surface area contributed by atoms with Gasteiger partial charge in [-0.2, -0.15) is 0 Å². The number of hydrogen-bond donors (Lipinski definition) is 0.